The molecular weight excluding hydrogens is 290 g/mol. The molecule has 0 fully saturated rings. The maximum Gasteiger partial charge on any atom is 0.343 e. The molecule has 0 unspecified atom stereocenters. The average molecular weight is 309 g/mol. The second-order valence-electron chi connectivity index (χ2n) is 4.86. The largest absolute Gasteiger partial charge is 0.507 e. The number of methoxy groups -OCH3 is 1. The number of nitrogens with zero attached hydrogens (tertiary/aromatic N) is 1. The van der Waals surface area contributed by atoms with Crippen LogP contribution in [0.15, 0.2) is 64.9 Å². The second kappa shape index (κ2) is 7.94. The molecule has 118 valence electrons. The summed E-state index contributed by atoms with van der Waals surface area (Å²) in [5.74, 6) is -0.801. The van der Waals surface area contributed by atoms with Crippen molar-refractivity contribution >= 4 is 29.0 Å². The normalized spacial score (nSPS) is 12.8. The lowest BCUT2D eigenvalue weighted by atomic mass is 10.1. The molecule has 0 aromatic heterocycles. The van der Waals surface area contributed by atoms with Gasteiger partial charge in [-0.1, -0.05) is 42.5 Å². The maximum absolute atomic E-state index is 11.7. The molecule has 2 aromatic rings. The van der Waals surface area contributed by atoms with Crippen LogP contribution in [-0.4, -0.2) is 30.9 Å². The van der Waals surface area contributed by atoms with E-state index < -0.39 is 5.97 Å². The first-order chi connectivity index (χ1) is 11.2. The highest BCUT2D eigenvalue weighted by Crippen LogP contribution is 2.17. The minimum Gasteiger partial charge on any atom is -0.507 e. The number of aliphatic hydroxyl groups excluding tert-OH is 1. The number of hydrogen-bond donors (Lipinski definition) is 1. The molecule has 0 aliphatic carbocycles. The smallest absolute Gasteiger partial charge is 0.343 e. The average Bonchev–Trinajstić information content (AvgIpc) is 2.59. The van der Waals surface area contributed by atoms with Crippen molar-refractivity contribution in [1.82, 2.24) is 0 Å². The molecular formula is C19H19NO3. The van der Waals surface area contributed by atoms with Crippen LogP contribution in [0.5, 0.6) is 0 Å². The number of esters is 1. The number of aliphatic hydroxyl groups is 1. The van der Waals surface area contributed by atoms with Gasteiger partial charge in [0.25, 0.3) is 0 Å². The topological polar surface area (TPSA) is 58.9 Å². The van der Waals surface area contributed by atoms with Crippen molar-refractivity contribution in [1.29, 1.82) is 0 Å². The number of hydrogen-bond acceptors (Lipinski definition) is 4. The highest BCUT2D eigenvalue weighted by molar-refractivity contribution is 6.10. The van der Waals surface area contributed by atoms with E-state index in [9.17, 15) is 9.90 Å². The van der Waals surface area contributed by atoms with E-state index in [1.165, 1.54) is 19.4 Å². The molecule has 0 bridgehead atoms. The van der Waals surface area contributed by atoms with E-state index in [1.807, 2.05) is 49.4 Å². The Kier molecular flexibility index (Phi) is 5.69. The van der Waals surface area contributed by atoms with Gasteiger partial charge < -0.3 is 9.84 Å². The lowest BCUT2D eigenvalue weighted by Crippen LogP contribution is -2.08. The number of carbonyl (C=O) groups excluding carboxylic acids is 1. The maximum atomic E-state index is 11.7. The Labute approximate surface area is 135 Å². The molecule has 23 heavy (non-hydrogen) atoms. The quantitative estimate of drug-likeness (QED) is 0.299. The molecule has 4 nitrogen and oxygen atoms in total. The molecule has 4 heteroatoms. The zero-order valence-corrected chi connectivity index (χ0v) is 13.2. The lowest BCUT2D eigenvalue weighted by molar-refractivity contribution is -0.135. The second-order valence-corrected chi connectivity index (χ2v) is 4.86. The molecule has 0 saturated heterocycles. The van der Waals surface area contributed by atoms with Gasteiger partial charge in [0.2, 0.25) is 0 Å². The Hall–Kier alpha value is -2.88. The van der Waals surface area contributed by atoms with Gasteiger partial charge in [-0.15, -0.1) is 0 Å². The Morgan fingerprint density at radius 2 is 1.96 bits per heavy atom. The van der Waals surface area contributed by atoms with Crippen LogP contribution in [0.25, 0.3) is 16.8 Å². The van der Waals surface area contributed by atoms with Crippen LogP contribution in [0.2, 0.25) is 0 Å². The molecule has 0 heterocycles. The third kappa shape index (κ3) is 4.30. The molecule has 0 amide bonds. The number of aliphatic imine (C=N–C) groups is 1. The first kappa shape index (κ1) is 16.5. The van der Waals surface area contributed by atoms with Crippen molar-refractivity contribution < 1.29 is 14.6 Å². The van der Waals surface area contributed by atoms with Crippen molar-refractivity contribution in [2.45, 2.75) is 6.92 Å². The zero-order chi connectivity index (χ0) is 16.7. The highest BCUT2D eigenvalue weighted by atomic mass is 16.5. The lowest BCUT2D eigenvalue weighted by Gasteiger charge is -2.02. The molecule has 0 aliphatic rings. The predicted octanol–water partition coefficient (Wildman–Crippen LogP) is 3.93. The summed E-state index contributed by atoms with van der Waals surface area (Å²) < 4.78 is 4.66. The van der Waals surface area contributed by atoms with Gasteiger partial charge in [0.15, 0.2) is 0 Å². The standard InChI is InChI=1S/C19H19NO3/c1-3-20-13-17(19(22)23-2)18(21)11-9-14-8-10-15-6-4-5-7-16(15)12-14/h4-13,21H,3H2,1-2H3/b11-9+,18-17-,20-13?. The Balaban J connectivity index is 2.32. The van der Waals surface area contributed by atoms with Crippen molar-refractivity contribution in [3.05, 3.63) is 65.4 Å². The summed E-state index contributed by atoms with van der Waals surface area (Å²) >= 11 is 0. The molecule has 0 aliphatic heterocycles. The van der Waals surface area contributed by atoms with E-state index in [1.54, 1.807) is 6.08 Å². The monoisotopic (exact) mass is 309 g/mol. The van der Waals surface area contributed by atoms with Crippen LogP contribution < -0.4 is 0 Å². The van der Waals surface area contributed by atoms with Crippen LogP contribution in [0.4, 0.5) is 0 Å². The number of rotatable bonds is 5. The summed E-state index contributed by atoms with van der Waals surface area (Å²) in [6.45, 7) is 2.36. The fourth-order valence-electron chi connectivity index (χ4n) is 2.09. The minimum absolute atomic E-state index is 0.0337. The first-order valence-electron chi connectivity index (χ1n) is 7.34. The summed E-state index contributed by atoms with van der Waals surface area (Å²) in [4.78, 5) is 15.7. The van der Waals surface area contributed by atoms with E-state index in [0.717, 1.165) is 16.3 Å². The zero-order valence-electron chi connectivity index (χ0n) is 13.2. The van der Waals surface area contributed by atoms with Crippen molar-refractivity contribution in [2.24, 2.45) is 4.99 Å². The molecule has 0 spiro atoms. The van der Waals surface area contributed by atoms with E-state index in [4.69, 9.17) is 0 Å². The van der Waals surface area contributed by atoms with Crippen molar-refractivity contribution in [3.8, 4) is 0 Å². The number of fused-ring (bicyclic) bond motifs is 1. The third-order valence-corrected chi connectivity index (χ3v) is 3.29. The number of benzene rings is 2. The number of carbonyl (C=O) groups is 1. The van der Waals surface area contributed by atoms with Gasteiger partial charge in [0.05, 0.1) is 7.11 Å². The highest BCUT2D eigenvalue weighted by Gasteiger charge is 2.11. The SMILES string of the molecule is CCN=C/C(C(=O)OC)=C(O)\C=C\c1ccc2ccccc2c1. The van der Waals surface area contributed by atoms with Crippen LogP contribution in [-0.2, 0) is 9.53 Å². The van der Waals surface area contributed by atoms with Crippen LogP contribution in [0.1, 0.15) is 12.5 Å². The van der Waals surface area contributed by atoms with Crippen LogP contribution >= 0.6 is 0 Å². The third-order valence-electron chi connectivity index (χ3n) is 3.29. The fourth-order valence-corrected chi connectivity index (χ4v) is 2.09. The van der Waals surface area contributed by atoms with Gasteiger partial charge >= 0.3 is 5.97 Å². The van der Waals surface area contributed by atoms with Gasteiger partial charge in [-0.25, -0.2) is 4.79 Å². The number of allylic oxidation sites excluding steroid dienone is 1. The molecule has 0 atom stereocenters. The fraction of sp³-hybridized carbons (Fsp3) is 0.158. The Morgan fingerprint density at radius 3 is 2.65 bits per heavy atom. The molecule has 0 saturated carbocycles. The summed E-state index contributed by atoms with van der Waals surface area (Å²) in [5, 5.41) is 12.4. The summed E-state index contributed by atoms with van der Waals surface area (Å²) in [5.41, 5.74) is 0.957. The van der Waals surface area contributed by atoms with Gasteiger partial charge in [-0.05, 0) is 35.4 Å². The van der Waals surface area contributed by atoms with E-state index in [-0.39, 0.29) is 11.3 Å². The van der Waals surface area contributed by atoms with E-state index in [2.05, 4.69) is 9.73 Å². The van der Waals surface area contributed by atoms with Gasteiger partial charge in [-0.2, -0.15) is 0 Å². The van der Waals surface area contributed by atoms with E-state index in [0.29, 0.717) is 6.54 Å². The van der Waals surface area contributed by atoms with Crippen LogP contribution in [0, 0.1) is 0 Å². The van der Waals surface area contributed by atoms with E-state index >= 15 is 0 Å². The Morgan fingerprint density at radius 1 is 1.22 bits per heavy atom. The minimum atomic E-state index is -0.622. The Bertz CT molecular complexity index is 788. The summed E-state index contributed by atoms with van der Waals surface area (Å²) in [7, 11) is 1.27. The first-order valence-corrected chi connectivity index (χ1v) is 7.34. The van der Waals surface area contributed by atoms with Gasteiger partial charge in [0, 0.05) is 12.8 Å². The van der Waals surface area contributed by atoms with Crippen molar-refractivity contribution in [3.63, 3.8) is 0 Å². The summed E-state index contributed by atoms with van der Waals surface area (Å²) in [6.07, 6.45) is 4.54. The molecule has 0 radical (unpaired) electrons. The van der Waals surface area contributed by atoms with Gasteiger partial charge in [0.1, 0.15) is 11.3 Å². The molecule has 1 N–H and O–H groups in total. The van der Waals surface area contributed by atoms with Crippen molar-refractivity contribution in [2.75, 3.05) is 13.7 Å². The predicted molar refractivity (Wildman–Crippen MR) is 93.7 cm³/mol. The van der Waals surface area contributed by atoms with Gasteiger partial charge in [-0.3, -0.25) is 4.99 Å². The summed E-state index contributed by atoms with van der Waals surface area (Å²) in [6, 6.07) is 14.0. The number of ether oxygens (including phenoxy) is 1. The molecule has 2 rings (SSSR count). The molecule has 2 aromatic carbocycles. The van der Waals surface area contributed by atoms with Crippen LogP contribution in [0.3, 0.4) is 0 Å².